The van der Waals surface area contributed by atoms with E-state index in [2.05, 4.69) is 5.32 Å². The van der Waals surface area contributed by atoms with Crippen LogP contribution >= 0.6 is 0 Å². The molecule has 6 heteroatoms. The Labute approximate surface area is 145 Å². The Balaban J connectivity index is 1.37. The van der Waals surface area contributed by atoms with E-state index in [0.717, 1.165) is 12.0 Å². The van der Waals surface area contributed by atoms with Crippen LogP contribution < -0.4 is 5.32 Å². The van der Waals surface area contributed by atoms with Crippen LogP contribution in [0.25, 0.3) is 0 Å². The van der Waals surface area contributed by atoms with Crippen molar-refractivity contribution in [3.8, 4) is 0 Å². The molecule has 25 heavy (non-hydrogen) atoms. The molecule has 4 rings (SSSR count). The summed E-state index contributed by atoms with van der Waals surface area (Å²) >= 11 is 0. The molecular formula is C19H20N2O4. The van der Waals surface area contributed by atoms with Crippen molar-refractivity contribution in [1.82, 2.24) is 10.2 Å². The quantitative estimate of drug-likeness (QED) is 0.672. The molecule has 1 aromatic rings. The molecule has 1 saturated carbocycles. The normalized spacial score (nSPS) is 30.5. The fraction of sp³-hybridized carbons (Fsp3) is 0.421. The van der Waals surface area contributed by atoms with Crippen molar-refractivity contribution in [2.45, 2.75) is 26.1 Å². The first-order valence-electron chi connectivity index (χ1n) is 8.58. The fourth-order valence-electron chi connectivity index (χ4n) is 4.31. The maximum absolute atomic E-state index is 12.7. The van der Waals surface area contributed by atoms with Gasteiger partial charge < -0.3 is 10.1 Å². The maximum atomic E-state index is 12.7. The summed E-state index contributed by atoms with van der Waals surface area (Å²) in [5, 5.41) is 2.59. The molecule has 1 aromatic carbocycles. The standard InChI is InChI=1S/C19H20N2O4/c1-11(20-19(24)25-10-12-5-3-2-4-6-12)21-17(22)15-13-7-8-14(9-13)16(15)18(21)23/h2-8,11,13-16H,9-10H2,1H3,(H,20,24). The first-order chi connectivity index (χ1) is 12.1. The summed E-state index contributed by atoms with van der Waals surface area (Å²) in [7, 11) is 0. The Morgan fingerprint density at radius 1 is 1.16 bits per heavy atom. The topological polar surface area (TPSA) is 75.7 Å². The third-order valence-corrected chi connectivity index (χ3v) is 5.43. The minimum Gasteiger partial charge on any atom is -0.445 e. The Kier molecular flexibility index (Phi) is 3.82. The largest absolute Gasteiger partial charge is 0.445 e. The fourth-order valence-corrected chi connectivity index (χ4v) is 4.31. The van der Waals surface area contributed by atoms with Gasteiger partial charge in [0.05, 0.1) is 11.8 Å². The predicted octanol–water partition coefficient (Wildman–Crippen LogP) is 2.07. The van der Waals surface area contributed by atoms with E-state index in [1.54, 1.807) is 6.92 Å². The molecule has 1 heterocycles. The molecular weight excluding hydrogens is 320 g/mol. The number of nitrogens with zero attached hydrogens (tertiary/aromatic N) is 1. The van der Waals surface area contributed by atoms with Gasteiger partial charge in [0, 0.05) is 0 Å². The molecule has 3 amide bonds. The Morgan fingerprint density at radius 3 is 2.36 bits per heavy atom. The highest BCUT2D eigenvalue weighted by Crippen LogP contribution is 2.52. The number of hydrogen-bond acceptors (Lipinski definition) is 4. The second-order valence-corrected chi connectivity index (χ2v) is 6.93. The Hall–Kier alpha value is -2.63. The van der Waals surface area contributed by atoms with Gasteiger partial charge >= 0.3 is 6.09 Å². The van der Waals surface area contributed by atoms with E-state index in [-0.39, 0.29) is 42.1 Å². The zero-order valence-corrected chi connectivity index (χ0v) is 13.9. The van der Waals surface area contributed by atoms with Gasteiger partial charge in [0.1, 0.15) is 12.8 Å². The number of hydrogen-bond donors (Lipinski definition) is 1. The van der Waals surface area contributed by atoms with E-state index < -0.39 is 12.3 Å². The number of carbonyl (C=O) groups excluding carboxylic acids is 3. The number of fused-ring (bicyclic) bond motifs is 5. The van der Waals surface area contributed by atoms with Crippen LogP contribution in [0, 0.1) is 23.7 Å². The zero-order chi connectivity index (χ0) is 17.6. The number of carbonyl (C=O) groups is 3. The van der Waals surface area contributed by atoms with Crippen LogP contribution in [0.3, 0.4) is 0 Å². The molecule has 5 atom stereocenters. The third kappa shape index (κ3) is 2.62. The monoisotopic (exact) mass is 340 g/mol. The number of imide groups is 1. The van der Waals surface area contributed by atoms with Crippen LogP contribution in [0.4, 0.5) is 4.79 Å². The van der Waals surface area contributed by atoms with E-state index in [9.17, 15) is 14.4 Å². The molecule has 0 spiro atoms. The van der Waals surface area contributed by atoms with Crippen molar-refractivity contribution in [2.75, 3.05) is 0 Å². The number of ether oxygens (including phenoxy) is 1. The van der Waals surface area contributed by atoms with Crippen LogP contribution in [0.5, 0.6) is 0 Å². The van der Waals surface area contributed by atoms with E-state index in [4.69, 9.17) is 4.74 Å². The van der Waals surface area contributed by atoms with Gasteiger partial charge in [-0.3, -0.25) is 14.5 Å². The number of alkyl carbamates (subject to hydrolysis) is 1. The summed E-state index contributed by atoms with van der Waals surface area (Å²) in [6, 6.07) is 9.32. The summed E-state index contributed by atoms with van der Waals surface area (Å²) in [4.78, 5) is 38.5. The van der Waals surface area contributed by atoms with Crippen molar-refractivity contribution in [3.05, 3.63) is 48.0 Å². The van der Waals surface area contributed by atoms with E-state index in [1.807, 2.05) is 42.5 Å². The molecule has 0 radical (unpaired) electrons. The van der Waals surface area contributed by atoms with Gasteiger partial charge in [0.25, 0.3) is 0 Å². The molecule has 1 N–H and O–H groups in total. The van der Waals surface area contributed by atoms with Gasteiger partial charge in [0.15, 0.2) is 0 Å². The molecule has 2 fully saturated rings. The van der Waals surface area contributed by atoms with Gasteiger partial charge in [-0.25, -0.2) is 4.79 Å². The summed E-state index contributed by atoms with van der Waals surface area (Å²) in [5.41, 5.74) is 0.871. The highest BCUT2D eigenvalue weighted by Gasteiger charge is 2.60. The van der Waals surface area contributed by atoms with Gasteiger partial charge in [-0.15, -0.1) is 0 Å². The van der Waals surface area contributed by atoms with Crippen molar-refractivity contribution in [2.24, 2.45) is 23.7 Å². The number of amides is 3. The zero-order valence-electron chi connectivity index (χ0n) is 13.9. The van der Waals surface area contributed by atoms with Crippen LogP contribution in [0.15, 0.2) is 42.5 Å². The molecule has 1 aliphatic heterocycles. The first-order valence-corrected chi connectivity index (χ1v) is 8.58. The predicted molar refractivity (Wildman–Crippen MR) is 88.8 cm³/mol. The molecule has 3 aliphatic rings. The van der Waals surface area contributed by atoms with Gasteiger partial charge in [-0.2, -0.15) is 0 Å². The first kappa shape index (κ1) is 15.9. The second kappa shape index (κ2) is 6.02. The average Bonchev–Trinajstić information content (AvgIpc) is 3.28. The molecule has 2 aliphatic carbocycles. The molecule has 6 nitrogen and oxygen atoms in total. The van der Waals surface area contributed by atoms with Crippen LogP contribution in [0.1, 0.15) is 18.9 Å². The van der Waals surface area contributed by atoms with Crippen LogP contribution in [0.2, 0.25) is 0 Å². The molecule has 130 valence electrons. The van der Waals surface area contributed by atoms with E-state index in [1.165, 1.54) is 4.90 Å². The lowest BCUT2D eigenvalue weighted by Gasteiger charge is -2.25. The third-order valence-electron chi connectivity index (χ3n) is 5.43. The average molecular weight is 340 g/mol. The Bertz CT molecular complexity index is 715. The minimum absolute atomic E-state index is 0.139. The number of allylic oxidation sites excluding steroid dienone is 2. The van der Waals surface area contributed by atoms with Crippen molar-refractivity contribution < 1.29 is 19.1 Å². The van der Waals surface area contributed by atoms with E-state index in [0.29, 0.717) is 0 Å². The second-order valence-electron chi connectivity index (χ2n) is 6.93. The molecule has 5 unspecified atom stereocenters. The lowest BCUT2D eigenvalue weighted by Crippen LogP contribution is -2.50. The van der Waals surface area contributed by atoms with Crippen LogP contribution in [-0.4, -0.2) is 29.0 Å². The Morgan fingerprint density at radius 2 is 1.76 bits per heavy atom. The lowest BCUT2D eigenvalue weighted by atomic mass is 9.85. The van der Waals surface area contributed by atoms with Gasteiger partial charge in [-0.1, -0.05) is 42.5 Å². The van der Waals surface area contributed by atoms with Gasteiger partial charge in [-0.05, 0) is 30.7 Å². The van der Waals surface area contributed by atoms with Crippen molar-refractivity contribution in [1.29, 1.82) is 0 Å². The molecule has 2 bridgehead atoms. The number of likely N-dealkylation sites (tertiary alicyclic amines) is 1. The molecule has 1 saturated heterocycles. The van der Waals surface area contributed by atoms with E-state index >= 15 is 0 Å². The summed E-state index contributed by atoms with van der Waals surface area (Å²) < 4.78 is 5.17. The molecule has 0 aromatic heterocycles. The number of rotatable bonds is 4. The SMILES string of the molecule is CC(NC(=O)OCc1ccccc1)N1C(=O)C2C3C=CC(C3)C2C1=O. The summed E-state index contributed by atoms with van der Waals surface area (Å²) in [6.45, 7) is 1.77. The lowest BCUT2D eigenvalue weighted by molar-refractivity contribution is -0.143. The van der Waals surface area contributed by atoms with Crippen LogP contribution in [-0.2, 0) is 20.9 Å². The van der Waals surface area contributed by atoms with Crippen molar-refractivity contribution >= 4 is 17.9 Å². The summed E-state index contributed by atoms with van der Waals surface area (Å²) in [5.74, 6) is -0.549. The summed E-state index contributed by atoms with van der Waals surface area (Å²) in [6.07, 6.45) is 3.63. The maximum Gasteiger partial charge on any atom is 0.409 e. The van der Waals surface area contributed by atoms with Crippen molar-refractivity contribution in [3.63, 3.8) is 0 Å². The van der Waals surface area contributed by atoms with Gasteiger partial charge in [0.2, 0.25) is 11.8 Å². The highest BCUT2D eigenvalue weighted by molar-refractivity contribution is 6.06. The minimum atomic E-state index is -0.715. The smallest absolute Gasteiger partial charge is 0.409 e. The number of nitrogens with one attached hydrogen (secondary N) is 1. The number of benzene rings is 1. The highest BCUT2D eigenvalue weighted by atomic mass is 16.5.